The third kappa shape index (κ3) is 4.27. The first kappa shape index (κ1) is 28.0. The molecule has 0 aromatic heterocycles. The normalized spacial score (nSPS) is 11.9. The van der Waals surface area contributed by atoms with Crippen molar-refractivity contribution in [2.45, 2.75) is 0 Å². The molecule has 0 atom stereocenters. The summed E-state index contributed by atoms with van der Waals surface area (Å²) in [6.45, 7) is 0. The van der Waals surface area contributed by atoms with E-state index in [-0.39, 0.29) is 33.4 Å². The molecule has 0 bridgehead atoms. The van der Waals surface area contributed by atoms with E-state index in [4.69, 9.17) is 0 Å². The lowest BCUT2D eigenvalue weighted by molar-refractivity contribution is 1.24. The molecule has 2 aliphatic rings. The average molecular weight is 615 g/mol. The molecule has 8 nitrogen and oxygen atoms in total. The molecule has 0 aliphatic carbocycles. The van der Waals surface area contributed by atoms with Crippen molar-refractivity contribution in [3.8, 4) is 35.4 Å². The van der Waals surface area contributed by atoms with Crippen LogP contribution in [0.15, 0.2) is 121 Å². The third-order valence-electron chi connectivity index (χ3n) is 8.61. The Morgan fingerprint density at radius 2 is 0.625 bits per heavy atom. The zero-order valence-electron chi connectivity index (χ0n) is 25.2. The van der Waals surface area contributed by atoms with Gasteiger partial charge in [0.15, 0.2) is 0 Å². The first-order valence-corrected chi connectivity index (χ1v) is 15.1. The Morgan fingerprint density at radius 1 is 0.375 bits per heavy atom. The zero-order chi connectivity index (χ0) is 32.8. The van der Waals surface area contributed by atoms with E-state index in [1.807, 2.05) is 107 Å². The van der Waals surface area contributed by atoms with Gasteiger partial charge in [0.25, 0.3) is 0 Å². The van der Waals surface area contributed by atoms with Crippen molar-refractivity contribution in [1.29, 1.82) is 21.0 Å². The minimum Gasteiger partial charge on any atom is -0.352 e. The molecule has 6 aromatic carbocycles. The molecule has 0 amide bonds. The molecule has 0 radical (unpaired) electrons. The van der Waals surface area contributed by atoms with Crippen molar-refractivity contribution in [1.82, 2.24) is 0 Å². The van der Waals surface area contributed by atoms with E-state index in [9.17, 15) is 21.0 Å². The van der Waals surface area contributed by atoms with E-state index < -0.39 is 0 Å². The predicted octanol–water partition coefficient (Wildman–Crippen LogP) is 9.89. The van der Waals surface area contributed by atoms with Gasteiger partial charge in [-0.25, -0.2) is 0 Å². The standard InChI is InChI=1S/C40H22N8/c41-21-25-17-29(47-35-13-5-1-9-31(35)45-32-10-2-6-14-36(32)47)18-26(22-42)39(25)40-27(23-43)19-30(20-28(40)24-44)48-37-15-7-3-11-33(37)46-34-12-4-8-16-38(34)48/h1-20,45-46H. The molecule has 0 saturated heterocycles. The lowest BCUT2D eigenvalue weighted by atomic mass is 9.87. The summed E-state index contributed by atoms with van der Waals surface area (Å²) in [6, 6.07) is 47.2. The molecular formula is C40H22N8. The molecule has 222 valence electrons. The van der Waals surface area contributed by atoms with Crippen molar-refractivity contribution in [2.24, 2.45) is 0 Å². The van der Waals surface area contributed by atoms with Gasteiger partial charge in [-0.05, 0) is 72.8 Å². The molecule has 0 unspecified atom stereocenters. The largest absolute Gasteiger partial charge is 0.352 e. The smallest absolute Gasteiger partial charge is 0.0999 e. The molecule has 8 heteroatoms. The highest BCUT2D eigenvalue weighted by molar-refractivity contribution is 6.00. The van der Waals surface area contributed by atoms with Crippen LogP contribution in [0, 0.1) is 45.3 Å². The fourth-order valence-electron chi connectivity index (χ4n) is 6.61. The summed E-state index contributed by atoms with van der Waals surface area (Å²) in [5.74, 6) is 0. The number of nitriles is 4. The van der Waals surface area contributed by atoms with Gasteiger partial charge in [-0.15, -0.1) is 0 Å². The van der Waals surface area contributed by atoms with Gasteiger partial charge in [0.2, 0.25) is 0 Å². The number of nitrogens with zero attached hydrogens (tertiary/aromatic N) is 6. The van der Waals surface area contributed by atoms with Crippen LogP contribution in [-0.2, 0) is 0 Å². The first-order chi connectivity index (χ1) is 23.6. The number of rotatable bonds is 3. The van der Waals surface area contributed by atoms with Crippen LogP contribution in [0.5, 0.6) is 0 Å². The summed E-state index contributed by atoms with van der Waals surface area (Å²) in [5.41, 5.74) is 9.35. The van der Waals surface area contributed by atoms with E-state index in [1.165, 1.54) is 0 Å². The van der Waals surface area contributed by atoms with E-state index >= 15 is 0 Å². The summed E-state index contributed by atoms with van der Waals surface area (Å²) in [5, 5.41) is 49.1. The maximum Gasteiger partial charge on any atom is 0.0999 e. The van der Waals surface area contributed by atoms with Gasteiger partial charge in [-0.3, -0.25) is 0 Å². The van der Waals surface area contributed by atoms with E-state index in [0.717, 1.165) is 45.5 Å². The Labute approximate surface area is 276 Å². The number of nitrogens with one attached hydrogen (secondary N) is 2. The SMILES string of the molecule is N#Cc1cc(N2c3ccccc3Nc3ccccc32)cc(C#N)c1-c1c(C#N)cc(N2c3ccccc3Nc3ccccc32)cc1C#N. The van der Waals surface area contributed by atoms with E-state index in [0.29, 0.717) is 11.4 Å². The van der Waals surface area contributed by atoms with Crippen LogP contribution in [0.25, 0.3) is 11.1 Å². The summed E-state index contributed by atoms with van der Waals surface area (Å²) in [4.78, 5) is 4.01. The van der Waals surface area contributed by atoms with Crippen molar-refractivity contribution in [3.05, 3.63) is 144 Å². The molecule has 2 aliphatic heterocycles. The number of para-hydroxylation sites is 8. The van der Waals surface area contributed by atoms with Crippen LogP contribution < -0.4 is 20.4 Å². The van der Waals surface area contributed by atoms with Crippen LogP contribution in [0.2, 0.25) is 0 Å². The van der Waals surface area contributed by atoms with Crippen LogP contribution in [0.4, 0.5) is 56.9 Å². The fourth-order valence-corrected chi connectivity index (χ4v) is 6.61. The molecule has 0 spiro atoms. The second-order valence-corrected chi connectivity index (χ2v) is 11.3. The minimum absolute atomic E-state index is 0.177. The minimum atomic E-state index is 0.177. The maximum atomic E-state index is 10.5. The van der Waals surface area contributed by atoms with Crippen molar-refractivity contribution < 1.29 is 0 Å². The average Bonchev–Trinajstić information content (AvgIpc) is 3.14. The van der Waals surface area contributed by atoms with Crippen molar-refractivity contribution in [3.63, 3.8) is 0 Å². The second-order valence-electron chi connectivity index (χ2n) is 11.3. The molecule has 2 heterocycles. The number of anilines is 10. The third-order valence-corrected chi connectivity index (χ3v) is 8.61. The van der Waals surface area contributed by atoms with E-state index in [2.05, 4.69) is 34.9 Å². The summed E-state index contributed by atoms with van der Waals surface area (Å²) >= 11 is 0. The number of fused-ring (bicyclic) bond motifs is 4. The monoisotopic (exact) mass is 614 g/mol. The maximum absolute atomic E-state index is 10.5. The Balaban J connectivity index is 1.33. The molecule has 6 aromatic rings. The highest BCUT2D eigenvalue weighted by atomic mass is 15.2. The van der Waals surface area contributed by atoms with Gasteiger partial charge in [0, 0.05) is 22.5 Å². The van der Waals surface area contributed by atoms with Gasteiger partial charge >= 0.3 is 0 Å². The molecular weight excluding hydrogens is 592 g/mol. The van der Waals surface area contributed by atoms with Crippen LogP contribution in [0.3, 0.4) is 0 Å². The second kappa shape index (κ2) is 11.1. The Kier molecular flexibility index (Phi) is 6.49. The quantitative estimate of drug-likeness (QED) is 0.201. The van der Waals surface area contributed by atoms with Gasteiger partial charge < -0.3 is 20.4 Å². The number of hydrogen-bond donors (Lipinski definition) is 2. The fraction of sp³-hybridized carbons (Fsp3) is 0. The van der Waals surface area contributed by atoms with Crippen LogP contribution >= 0.6 is 0 Å². The van der Waals surface area contributed by atoms with Gasteiger partial charge in [0.05, 0.1) is 92.0 Å². The van der Waals surface area contributed by atoms with Gasteiger partial charge in [-0.2, -0.15) is 21.0 Å². The lowest BCUT2D eigenvalue weighted by Crippen LogP contribution is -2.18. The molecule has 48 heavy (non-hydrogen) atoms. The van der Waals surface area contributed by atoms with Crippen LogP contribution in [0.1, 0.15) is 22.3 Å². The summed E-state index contributed by atoms with van der Waals surface area (Å²) in [7, 11) is 0. The van der Waals surface area contributed by atoms with Gasteiger partial charge in [0.1, 0.15) is 0 Å². The molecule has 0 saturated carbocycles. The topological polar surface area (TPSA) is 126 Å². The highest BCUT2D eigenvalue weighted by Gasteiger charge is 2.29. The molecule has 2 N–H and O–H groups in total. The summed E-state index contributed by atoms with van der Waals surface area (Å²) in [6.07, 6.45) is 0. The van der Waals surface area contributed by atoms with Crippen molar-refractivity contribution in [2.75, 3.05) is 20.4 Å². The first-order valence-electron chi connectivity index (χ1n) is 15.1. The Bertz CT molecular complexity index is 2150. The van der Waals surface area contributed by atoms with Crippen molar-refractivity contribution >= 4 is 56.9 Å². The zero-order valence-corrected chi connectivity index (χ0v) is 25.2. The van der Waals surface area contributed by atoms with Gasteiger partial charge in [-0.1, -0.05) is 48.5 Å². The summed E-state index contributed by atoms with van der Waals surface area (Å²) < 4.78 is 0. The van der Waals surface area contributed by atoms with E-state index in [1.54, 1.807) is 24.3 Å². The highest BCUT2D eigenvalue weighted by Crippen LogP contribution is 2.51. The lowest BCUT2D eigenvalue weighted by Gasteiger charge is -2.34. The predicted molar refractivity (Wildman–Crippen MR) is 187 cm³/mol. The number of benzene rings is 6. The Hall–Kier alpha value is -7.52. The molecule has 8 rings (SSSR count). The molecule has 0 fully saturated rings. The Morgan fingerprint density at radius 3 is 0.875 bits per heavy atom. The number of hydrogen-bond acceptors (Lipinski definition) is 8. The van der Waals surface area contributed by atoms with Crippen LogP contribution in [-0.4, -0.2) is 0 Å².